The number of hydrogen-bond acceptors (Lipinski definition) is 2. The van der Waals surface area contributed by atoms with E-state index in [9.17, 15) is 4.79 Å². The molecular formula is C17H17NO2. The molecule has 0 saturated heterocycles. The van der Waals surface area contributed by atoms with Gasteiger partial charge >= 0.3 is 0 Å². The number of rotatable bonds is 4. The van der Waals surface area contributed by atoms with Gasteiger partial charge < -0.3 is 10.1 Å². The molecule has 0 saturated carbocycles. The van der Waals surface area contributed by atoms with Crippen LogP contribution in [0, 0.1) is 0 Å². The SMILES string of the molecule is CCOC1(Cc2ccccc2)C(=O)Nc2ccccc21. The van der Waals surface area contributed by atoms with Gasteiger partial charge in [-0.1, -0.05) is 48.5 Å². The highest BCUT2D eigenvalue weighted by Gasteiger charge is 2.47. The van der Waals surface area contributed by atoms with E-state index in [-0.39, 0.29) is 5.91 Å². The van der Waals surface area contributed by atoms with Gasteiger partial charge in [-0.3, -0.25) is 4.79 Å². The van der Waals surface area contributed by atoms with Crippen molar-refractivity contribution in [3.8, 4) is 0 Å². The number of hydrogen-bond donors (Lipinski definition) is 1. The lowest BCUT2D eigenvalue weighted by Gasteiger charge is -2.27. The second-order valence-electron chi connectivity index (χ2n) is 4.92. The summed E-state index contributed by atoms with van der Waals surface area (Å²) in [6.07, 6.45) is 0.546. The Morgan fingerprint density at radius 2 is 1.75 bits per heavy atom. The van der Waals surface area contributed by atoms with Crippen LogP contribution in [0.25, 0.3) is 0 Å². The maximum absolute atomic E-state index is 12.5. The lowest BCUT2D eigenvalue weighted by atomic mass is 9.88. The van der Waals surface area contributed by atoms with Crippen molar-refractivity contribution >= 4 is 11.6 Å². The maximum atomic E-state index is 12.5. The Morgan fingerprint density at radius 3 is 2.50 bits per heavy atom. The lowest BCUT2D eigenvalue weighted by Crippen LogP contribution is -2.39. The largest absolute Gasteiger partial charge is 0.360 e. The van der Waals surface area contributed by atoms with Gasteiger partial charge in [-0.15, -0.1) is 0 Å². The standard InChI is InChI=1S/C17H17NO2/c1-2-20-17(12-13-8-4-3-5-9-13)14-10-6-7-11-15(14)18-16(17)19/h3-11H,2,12H2,1H3,(H,18,19). The zero-order chi connectivity index (χ0) is 14.0. The molecule has 1 unspecified atom stereocenters. The normalized spacial score (nSPS) is 20.6. The topological polar surface area (TPSA) is 38.3 Å². The zero-order valence-electron chi connectivity index (χ0n) is 11.4. The first kappa shape index (κ1) is 12.9. The molecule has 2 aromatic rings. The van der Waals surface area contributed by atoms with Gasteiger partial charge in [0.15, 0.2) is 5.60 Å². The molecule has 0 aliphatic carbocycles. The number of fused-ring (bicyclic) bond motifs is 1. The van der Waals surface area contributed by atoms with E-state index in [0.29, 0.717) is 13.0 Å². The Bertz CT molecular complexity index is 624. The van der Waals surface area contributed by atoms with Gasteiger partial charge in [0.2, 0.25) is 0 Å². The van der Waals surface area contributed by atoms with E-state index in [2.05, 4.69) is 5.32 Å². The molecular weight excluding hydrogens is 250 g/mol. The van der Waals surface area contributed by atoms with E-state index in [4.69, 9.17) is 4.74 Å². The molecule has 0 bridgehead atoms. The van der Waals surface area contributed by atoms with Crippen LogP contribution in [-0.4, -0.2) is 12.5 Å². The van der Waals surface area contributed by atoms with Crippen molar-refractivity contribution in [2.75, 3.05) is 11.9 Å². The van der Waals surface area contributed by atoms with Crippen molar-refractivity contribution in [1.82, 2.24) is 0 Å². The second kappa shape index (κ2) is 5.10. The first-order chi connectivity index (χ1) is 9.76. The minimum Gasteiger partial charge on any atom is -0.360 e. The number of amides is 1. The molecule has 1 aliphatic heterocycles. The number of nitrogens with one attached hydrogen (secondary N) is 1. The number of benzene rings is 2. The molecule has 0 radical (unpaired) electrons. The highest BCUT2D eigenvalue weighted by molar-refractivity contribution is 6.05. The molecule has 1 aliphatic rings. The predicted octanol–water partition coefficient (Wildman–Crippen LogP) is 3.11. The Hall–Kier alpha value is -2.13. The summed E-state index contributed by atoms with van der Waals surface area (Å²) in [5.41, 5.74) is 1.96. The molecule has 1 amide bonds. The van der Waals surface area contributed by atoms with E-state index in [1.807, 2.05) is 61.5 Å². The molecule has 3 nitrogen and oxygen atoms in total. The maximum Gasteiger partial charge on any atom is 0.261 e. The summed E-state index contributed by atoms with van der Waals surface area (Å²) >= 11 is 0. The Morgan fingerprint density at radius 1 is 1.05 bits per heavy atom. The van der Waals surface area contributed by atoms with Gasteiger partial charge in [-0.05, 0) is 18.6 Å². The third-order valence-corrected chi connectivity index (χ3v) is 3.66. The van der Waals surface area contributed by atoms with Crippen LogP contribution in [0.2, 0.25) is 0 Å². The van der Waals surface area contributed by atoms with Crippen LogP contribution in [0.1, 0.15) is 18.1 Å². The van der Waals surface area contributed by atoms with Crippen LogP contribution in [0.4, 0.5) is 5.69 Å². The van der Waals surface area contributed by atoms with Crippen molar-refractivity contribution in [2.45, 2.75) is 18.9 Å². The van der Waals surface area contributed by atoms with Crippen LogP contribution < -0.4 is 5.32 Å². The molecule has 0 spiro atoms. The summed E-state index contributed by atoms with van der Waals surface area (Å²) in [4.78, 5) is 12.5. The molecule has 1 atom stereocenters. The first-order valence-electron chi connectivity index (χ1n) is 6.85. The fourth-order valence-electron chi connectivity index (χ4n) is 2.79. The van der Waals surface area contributed by atoms with Gasteiger partial charge in [-0.2, -0.15) is 0 Å². The van der Waals surface area contributed by atoms with Crippen LogP contribution in [0.15, 0.2) is 54.6 Å². The molecule has 3 rings (SSSR count). The third-order valence-electron chi connectivity index (χ3n) is 3.66. The monoisotopic (exact) mass is 267 g/mol. The smallest absolute Gasteiger partial charge is 0.261 e. The summed E-state index contributed by atoms with van der Waals surface area (Å²) in [6.45, 7) is 2.41. The quantitative estimate of drug-likeness (QED) is 0.924. The van der Waals surface area contributed by atoms with Crippen LogP contribution in [-0.2, 0) is 21.6 Å². The van der Waals surface area contributed by atoms with Gasteiger partial charge in [0, 0.05) is 24.3 Å². The molecule has 2 aromatic carbocycles. The fourth-order valence-corrected chi connectivity index (χ4v) is 2.79. The number of carbonyl (C=O) groups excluding carboxylic acids is 1. The van der Waals surface area contributed by atoms with Crippen molar-refractivity contribution in [2.24, 2.45) is 0 Å². The van der Waals surface area contributed by atoms with Crippen molar-refractivity contribution in [3.63, 3.8) is 0 Å². The van der Waals surface area contributed by atoms with Crippen molar-refractivity contribution < 1.29 is 9.53 Å². The van der Waals surface area contributed by atoms with E-state index < -0.39 is 5.60 Å². The summed E-state index contributed by atoms with van der Waals surface area (Å²) in [5.74, 6) is -0.0793. The van der Waals surface area contributed by atoms with E-state index >= 15 is 0 Å². The minimum absolute atomic E-state index is 0.0793. The average Bonchev–Trinajstić information content (AvgIpc) is 2.74. The van der Waals surface area contributed by atoms with E-state index in [0.717, 1.165) is 16.8 Å². The Balaban J connectivity index is 2.06. The van der Waals surface area contributed by atoms with Gasteiger partial charge in [-0.25, -0.2) is 0 Å². The highest BCUT2D eigenvalue weighted by atomic mass is 16.5. The van der Waals surface area contributed by atoms with E-state index in [1.165, 1.54) is 0 Å². The fraction of sp³-hybridized carbons (Fsp3) is 0.235. The van der Waals surface area contributed by atoms with Crippen molar-refractivity contribution in [3.05, 3.63) is 65.7 Å². The number of carbonyl (C=O) groups is 1. The molecule has 20 heavy (non-hydrogen) atoms. The van der Waals surface area contributed by atoms with Gasteiger partial charge in [0.1, 0.15) is 0 Å². The van der Waals surface area contributed by atoms with Crippen LogP contribution >= 0.6 is 0 Å². The van der Waals surface area contributed by atoms with Gasteiger partial charge in [0.05, 0.1) is 0 Å². The highest BCUT2D eigenvalue weighted by Crippen LogP contribution is 2.41. The number of para-hydroxylation sites is 1. The van der Waals surface area contributed by atoms with Crippen LogP contribution in [0.5, 0.6) is 0 Å². The molecule has 3 heteroatoms. The molecule has 1 heterocycles. The second-order valence-corrected chi connectivity index (χ2v) is 4.92. The Labute approximate surface area is 118 Å². The van der Waals surface area contributed by atoms with Crippen molar-refractivity contribution in [1.29, 1.82) is 0 Å². The number of ether oxygens (including phenoxy) is 1. The van der Waals surface area contributed by atoms with Gasteiger partial charge in [0.25, 0.3) is 5.91 Å². The summed E-state index contributed by atoms with van der Waals surface area (Å²) in [5, 5.41) is 2.93. The first-order valence-corrected chi connectivity index (χ1v) is 6.85. The summed E-state index contributed by atoms with van der Waals surface area (Å²) in [6, 6.07) is 17.7. The lowest BCUT2D eigenvalue weighted by molar-refractivity contribution is -0.140. The zero-order valence-corrected chi connectivity index (χ0v) is 11.4. The van der Waals surface area contributed by atoms with E-state index in [1.54, 1.807) is 0 Å². The average molecular weight is 267 g/mol. The molecule has 0 fully saturated rings. The predicted molar refractivity (Wildman–Crippen MR) is 78.5 cm³/mol. The molecule has 0 aromatic heterocycles. The minimum atomic E-state index is -0.910. The number of anilines is 1. The van der Waals surface area contributed by atoms with Crippen LogP contribution in [0.3, 0.4) is 0 Å². The summed E-state index contributed by atoms with van der Waals surface area (Å²) in [7, 11) is 0. The summed E-state index contributed by atoms with van der Waals surface area (Å²) < 4.78 is 5.92. The molecule has 102 valence electrons. The third kappa shape index (κ3) is 2.00. The molecule has 1 N–H and O–H groups in total. The Kier molecular flexibility index (Phi) is 3.28.